The van der Waals surface area contributed by atoms with Gasteiger partial charge < -0.3 is 9.15 Å². The Labute approximate surface area is 160 Å². The van der Waals surface area contributed by atoms with Crippen molar-refractivity contribution in [1.82, 2.24) is 4.90 Å². The molecule has 0 fully saturated rings. The summed E-state index contributed by atoms with van der Waals surface area (Å²) < 4.78 is 11.4. The number of nitrogens with zero attached hydrogens (tertiary/aromatic N) is 1. The highest BCUT2D eigenvalue weighted by molar-refractivity contribution is 6.42. The van der Waals surface area contributed by atoms with Gasteiger partial charge in [0.15, 0.2) is 0 Å². The minimum atomic E-state index is -0.329. The lowest BCUT2D eigenvalue weighted by Crippen LogP contribution is -2.31. The van der Waals surface area contributed by atoms with Crippen LogP contribution in [0.3, 0.4) is 0 Å². The maximum absolute atomic E-state index is 11.9. The Hall–Kier alpha value is -2.01. The first-order chi connectivity index (χ1) is 12.5. The van der Waals surface area contributed by atoms with E-state index >= 15 is 0 Å². The van der Waals surface area contributed by atoms with Crippen molar-refractivity contribution in [3.63, 3.8) is 0 Å². The van der Waals surface area contributed by atoms with Gasteiger partial charge in [-0.1, -0.05) is 36.2 Å². The Bertz CT molecular complexity index is 1050. The van der Waals surface area contributed by atoms with Crippen LogP contribution in [0.2, 0.25) is 10.0 Å². The summed E-state index contributed by atoms with van der Waals surface area (Å²) in [6.45, 7) is 3.77. The third-order valence-electron chi connectivity index (χ3n) is 4.61. The second-order valence-electron chi connectivity index (χ2n) is 6.37. The molecule has 3 aromatic rings. The molecule has 6 heteroatoms. The summed E-state index contributed by atoms with van der Waals surface area (Å²) >= 11 is 12.1. The van der Waals surface area contributed by atoms with Gasteiger partial charge in [0, 0.05) is 24.5 Å². The minimum Gasteiger partial charge on any atom is -0.478 e. The van der Waals surface area contributed by atoms with E-state index in [4.69, 9.17) is 32.4 Å². The topological polar surface area (TPSA) is 42.7 Å². The number of fused-ring (bicyclic) bond motifs is 3. The fourth-order valence-corrected chi connectivity index (χ4v) is 3.66. The molecule has 4 rings (SSSR count). The average Bonchev–Trinajstić information content (AvgIpc) is 2.64. The molecule has 0 radical (unpaired) electrons. The molecule has 4 nitrogen and oxygen atoms in total. The van der Waals surface area contributed by atoms with Crippen LogP contribution < -0.4 is 10.4 Å². The van der Waals surface area contributed by atoms with Gasteiger partial charge in [0.1, 0.15) is 18.1 Å². The maximum atomic E-state index is 11.9. The van der Waals surface area contributed by atoms with Gasteiger partial charge in [-0.15, -0.1) is 0 Å². The molecule has 0 unspecified atom stereocenters. The largest absolute Gasteiger partial charge is 0.478 e. The summed E-state index contributed by atoms with van der Waals surface area (Å²) in [5, 5.41) is 2.04. The van der Waals surface area contributed by atoms with E-state index in [1.54, 1.807) is 12.1 Å². The van der Waals surface area contributed by atoms with Crippen molar-refractivity contribution in [1.29, 1.82) is 0 Å². The van der Waals surface area contributed by atoms with Gasteiger partial charge in [-0.05, 0) is 41.8 Å². The molecule has 0 spiro atoms. The predicted octanol–water partition coefficient (Wildman–Crippen LogP) is 5.01. The predicted molar refractivity (Wildman–Crippen MR) is 103 cm³/mol. The lowest BCUT2D eigenvalue weighted by Gasteiger charge is -2.29. The van der Waals surface area contributed by atoms with E-state index in [2.05, 4.69) is 4.90 Å². The molecule has 1 aromatic heterocycles. The van der Waals surface area contributed by atoms with Crippen molar-refractivity contribution in [2.45, 2.75) is 26.4 Å². The van der Waals surface area contributed by atoms with E-state index in [0.29, 0.717) is 35.4 Å². The van der Waals surface area contributed by atoms with Gasteiger partial charge in [-0.2, -0.15) is 0 Å². The second-order valence-corrected chi connectivity index (χ2v) is 7.19. The molecule has 2 aromatic carbocycles. The van der Waals surface area contributed by atoms with E-state index in [-0.39, 0.29) is 5.63 Å². The Morgan fingerprint density at radius 3 is 2.73 bits per heavy atom. The normalized spacial score (nSPS) is 14.3. The van der Waals surface area contributed by atoms with E-state index in [9.17, 15) is 4.79 Å². The van der Waals surface area contributed by atoms with Crippen molar-refractivity contribution in [2.24, 2.45) is 0 Å². The zero-order chi connectivity index (χ0) is 18.3. The summed E-state index contributed by atoms with van der Waals surface area (Å²) in [7, 11) is 0. The number of hydrogen-bond donors (Lipinski definition) is 0. The molecule has 0 amide bonds. The molecule has 0 saturated heterocycles. The van der Waals surface area contributed by atoms with E-state index < -0.39 is 0 Å². The zero-order valence-electron chi connectivity index (χ0n) is 14.2. The molecule has 0 aliphatic carbocycles. The first kappa shape index (κ1) is 17.4. The Kier molecular flexibility index (Phi) is 4.65. The van der Waals surface area contributed by atoms with Crippen molar-refractivity contribution in [2.75, 3.05) is 6.73 Å². The molecule has 0 N–H and O–H groups in total. The lowest BCUT2D eigenvalue weighted by molar-refractivity contribution is 0.0889. The summed E-state index contributed by atoms with van der Waals surface area (Å²) in [6, 6.07) is 11.1. The summed E-state index contributed by atoms with van der Waals surface area (Å²) in [6.07, 6.45) is 0.773. The van der Waals surface area contributed by atoms with Crippen LogP contribution in [0, 0.1) is 0 Å². The molecule has 0 saturated carbocycles. The molecular formula is C20H17Cl2NO3. The fourth-order valence-electron chi connectivity index (χ4n) is 3.33. The fraction of sp³-hybridized carbons (Fsp3) is 0.250. The van der Waals surface area contributed by atoms with Gasteiger partial charge >= 0.3 is 5.63 Å². The van der Waals surface area contributed by atoms with Gasteiger partial charge in [0.05, 0.1) is 15.6 Å². The summed E-state index contributed by atoms with van der Waals surface area (Å²) in [5.41, 5.74) is 3.22. The van der Waals surface area contributed by atoms with Crippen molar-refractivity contribution in [3.05, 3.63) is 73.6 Å². The van der Waals surface area contributed by atoms with Gasteiger partial charge in [-0.25, -0.2) is 4.79 Å². The molecule has 26 heavy (non-hydrogen) atoms. The number of benzene rings is 2. The number of rotatable bonds is 3. The number of hydrogen-bond acceptors (Lipinski definition) is 4. The van der Waals surface area contributed by atoms with E-state index in [1.165, 1.54) is 0 Å². The maximum Gasteiger partial charge on any atom is 0.336 e. The number of ether oxygens (including phenoxy) is 1. The molecule has 134 valence electrons. The quantitative estimate of drug-likeness (QED) is 0.590. The first-order valence-electron chi connectivity index (χ1n) is 8.43. The molecule has 0 bridgehead atoms. The number of halogens is 2. The van der Waals surface area contributed by atoms with Crippen LogP contribution in [0.25, 0.3) is 11.0 Å². The van der Waals surface area contributed by atoms with Gasteiger partial charge in [0.25, 0.3) is 0 Å². The highest BCUT2D eigenvalue weighted by Gasteiger charge is 2.22. The molecular weight excluding hydrogens is 373 g/mol. The molecule has 1 aliphatic heterocycles. The standard InChI is InChI=1S/C20H17Cl2NO3/c1-2-13-8-19(24)26-20-14(13)4-6-18-15(20)10-23(11-25-18)9-12-3-5-16(21)17(22)7-12/h3-8H,2,9-11H2,1H3. The molecule has 2 heterocycles. The van der Waals surface area contributed by atoms with Crippen LogP contribution in [0.5, 0.6) is 5.75 Å². The molecule has 1 aliphatic rings. The average molecular weight is 390 g/mol. The Morgan fingerprint density at radius 1 is 1.12 bits per heavy atom. The third-order valence-corrected chi connectivity index (χ3v) is 5.35. The summed E-state index contributed by atoms with van der Waals surface area (Å²) in [4.78, 5) is 14.1. The zero-order valence-corrected chi connectivity index (χ0v) is 15.7. The van der Waals surface area contributed by atoms with Gasteiger partial charge in [-0.3, -0.25) is 4.90 Å². The van der Waals surface area contributed by atoms with Crippen LogP contribution in [0.1, 0.15) is 23.6 Å². The van der Waals surface area contributed by atoms with Crippen LogP contribution in [-0.2, 0) is 19.5 Å². The SMILES string of the molecule is CCc1cc(=O)oc2c3c(ccc12)OCN(Cc1ccc(Cl)c(Cl)c1)C3. The Balaban J connectivity index is 1.70. The third kappa shape index (κ3) is 3.20. The summed E-state index contributed by atoms with van der Waals surface area (Å²) in [5.74, 6) is 0.763. The Morgan fingerprint density at radius 2 is 1.96 bits per heavy atom. The smallest absolute Gasteiger partial charge is 0.336 e. The van der Waals surface area contributed by atoms with Gasteiger partial charge in [0.2, 0.25) is 0 Å². The van der Waals surface area contributed by atoms with Crippen molar-refractivity contribution < 1.29 is 9.15 Å². The van der Waals surface area contributed by atoms with Crippen molar-refractivity contribution in [3.8, 4) is 5.75 Å². The van der Waals surface area contributed by atoms with Crippen LogP contribution in [0.4, 0.5) is 0 Å². The first-order valence-corrected chi connectivity index (χ1v) is 9.18. The lowest BCUT2D eigenvalue weighted by atomic mass is 10.0. The highest BCUT2D eigenvalue weighted by atomic mass is 35.5. The second kappa shape index (κ2) is 6.95. The monoisotopic (exact) mass is 389 g/mol. The molecule has 0 atom stereocenters. The van der Waals surface area contributed by atoms with E-state index in [0.717, 1.165) is 34.2 Å². The van der Waals surface area contributed by atoms with Crippen molar-refractivity contribution >= 4 is 34.2 Å². The minimum absolute atomic E-state index is 0.329. The number of aryl methyl sites for hydroxylation is 1. The van der Waals surface area contributed by atoms with Crippen LogP contribution in [0.15, 0.2) is 45.6 Å². The van der Waals surface area contributed by atoms with Crippen LogP contribution in [-0.4, -0.2) is 11.6 Å². The highest BCUT2D eigenvalue weighted by Crippen LogP contribution is 2.34. The van der Waals surface area contributed by atoms with E-state index in [1.807, 2.05) is 31.2 Å². The van der Waals surface area contributed by atoms with Crippen LogP contribution >= 0.6 is 23.2 Å².